The van der Waals surface area contributed by atoms with Gasteiger partial charge in [0.2, 0.25) is 15.8 Å². The van der Waals surface area contributed by atoms with Crippen LogP contribution >= 0.6 is 0 Å². The molecule has 0 N–H and O–H groups in total. The smallest absolute Gasteiger partial charge is 0.214 e. The predicted molar refractivity (Wildman–Crippen MR) is 119 cm³/mol. The van der Waals surface area contributed by atoms with E-state index in [-0.39, 0.29) is 15.2 Å². The van der Waals surface area contributed by atoms with Crippen molar-refractivity contribution in [3.8, 4) is 0 Å². The molecule has 4 rings (SSSR count). The summed E-state index contributed by atoms with van der Waals surface area (Å²) < 4.78 is 41.8. The first-order valence-electron chi connectivity index (χ1n) is 10.6. The van der Waals surface area contributed by atoms with Gasteiger partial charge in [0.1, 0.15) is 5.82 Å². The molecule has 3 aromatic rings. The highest BCUT2D eigenvalue weighted by atomic mass is 32.2. The van der Waals surface area contributed by atoms with Crippen molar-refractivity contribution in [2.45, 2.75) is 68.2 Å². The van der Waals surface area contributed by atoms with Crippen LogP contribution in [0, 0.1) is 11.9 Å². The number of rotatable bonds is 4. The average molecular weight is 442 g/mol. The summed E-state index contributed by atoms with van der Waals surface area (Å²) in [7, 11) is -3.86. The molecule has 1 aliphatic rings. The second kappa shape index (κ2) is 7.86. The summed E-state index contributed by atoms with van der Waals surface area (Å²) in [6.07, 6.45) is 5.51. The molecule has 164 valence electrons. The fourth-order valence-corrected chi connectivity index (χ4v) is 5.53. The molecule has 2 heterocycles. The van der Waals surface area contributed by atoms with Crippen molar-refractivity contribution in [2.24, 2.45) is 5.92 Å². The van der Waals surface area contributed by atoms with Crippen molar-refractivity contribution >= 4 is 20.9 Å². The summed E-state index contributed by atoms with van der Waals surface area (Å²) in [6, 6.07) is 7.25. The number of pyridine rings is 1. The van der Waals surface area contributed by atoms with Crippen molar-refractivity contribution in [1.82, 2.24) is 14.5 Å². The minimum atomic E-state index is -3.86. The Hall–Kier alpha value is -2.54. The lowest BCUT2D eigenvalue weighted by Gasteiger charge is -2.27. The minimum Gasteiger partial charge on any atom is -0.327 e. The number of aromatic nitrogens is 3. The zero-order chi connectivity index (χ0) is 22.4. The number of imidazole rings is 1. The highest BCUT2D eigenvalue weighted by Crippen LogP contribution is 2.33. The number of sulfone groups is 1. The number of nitrogens with zero attached hydrogens (tertiary/aromatic N) is 3. The summed E-state index contributed by atoms with van der Waals surface area (Å²) in [6.45, 7) is 11.3. The molecule has 0 spiro atoms. The van der Waals surface area contributed by atoms with E-state index in [0.717, 1.165) is 55.8 Å². The molecule has 0 bridgehead atoms. The molecule has 0 amide bonds. The second-order valence-corrected chi connectivity index (χ2v) is 11.4. The van der Waals surface area contributed by atoms with E-state index < -0.39 is 15.8 Å². The molecule has 1 aliphatic carbocycles. The fraction of sp³-hybridized carbons (Fsp3) is 0.417. The van der Waals surface area contributed by atoms with Crippen molar-refractivity contribution in [3.05, 3.63) is 60.5 Å². The van der Waals surface area contributed by atoms with Gasteiger partial charge in [0.25, 0.3) is 0 Å². The Balaban J connectivity index is 1.78. The molecule has 1 aromatic carbocycles. The maximum Gasteiger partial charge on any atom is 0.214 e. The highest BCUT2D eigenvalue weighted by Gasteiger charge is 2.27. The molecular weight excluding hydrogens is 413 g/mol. The molecule has 7 heteroatoms. The van der Waals surface area contributed by atoms with Crippen LogP contribution in [-0.4, -0.2) is 23.0 Å². The van der Waals surface area contributed by atoms with Gasteiger partial charge in [-0.3, -0.25) is 0 Å². The number of allylic oxidation sites excluding steroid dienone is 1. The lowest BCUT2D eigenvalue weighted by molar-refractivity contribution is 0.348. The third-order valence-corrected chi connectivity index (χ3v) is 7.71. The van der Waals surface area contributed by atoms with Crippen LogP contribution in [0.2, 0.25) is 0 Å². The predicted octanol–water partition coefficient (Wildman–Crippen LogP) is 5.45. The monoisotopic (exact) mass is 441 g/mol. The van der Waals surface area contributed by atoms with Crippen molar-refractivity contribution in [2.75, 3.05) is 0 Å². The summed E-state index contributed by atoms with van der Waals surface area (Å²) in [5.74, 6) is 0.667. The van der Waals surface area contributed by atoms with Crippen LogP contribution in [-0.2, 0) is 21.8 Å². The molecule has 1 fully saturated rings. The van der Waals surface area contributed by atoms with Gasteiger partial charge >= 0.3 is 0 Å². The number of hydrogen-bond acceptors (Lipinski definition) is 4. The SMILES string of the molecule is C=C1CCC(Cn2c(C(C)(C)C)nc3cc(S(=O)(=O)c4ccnc(F)c4)ccc32)CC1. The van der Waals surface area contributed by atoms with Gasteiger partial charge in [-0.2, -0.15) is 4.39 Å². The third kappa shape index (κ3) is 4.28. The molecule has 0 radical (unpaired) electrons. The lowest BCUT2D eigenvalue weighted by Crippen LogP contribution is -2.23. The maximum atomic E-state index is 13.5. The minimum absolute atomic E-state index is 0.102. The van der Waals surface area contributed by atoms with E-state index in [2.05, 4.69) is 36.9 Å². The van der Waals surface area contributed by atoms with E-state index in [1.165, 1.54) is 11.6 Å². The second-order valence-electron chi connectivity index (χ2n) is 9.46. The number of benzene rings is 1. The Kier molecular flexibility index (Phi) is 5.50. The molecule has 0 aliphatic heterocycles. The van der Waals surface area contributed by atoms with Crippen LogP contribution in [0.15, 0.2) is 58.5 Å². The molecule has 1 saturated carbocycles. The standard InChI is InChI=1S/C24H28FN3O2S/c1-16-5-7-17(8-6-16)15-28-21-10-9-18(13-20(21)27-23(28)24(2,3)4)31(29,30)19-11-12-26-22(25)14-19/h9-14,17H,1,5-8,15H2,2-4H3. The van der Waals surface area contributed by atoms with E-state index in [1.807, 2.05) is 6.07 Å². The maximum absolute atomic E-state index is 13.5. The molecule has 0 saturated heterocycles. The Bertz CT molecular complexity index is 1250. The van der Waals surface area contributed by atoms with E-state index in [4.69, 9.17) is 4.98 Å². The highest BCUT2D eigenvalue weighted by molar-refractivity contribution is 7.91. The van der Waals surface area contributed by atoms with Gasteiger partial charge in [0.05, 0.1) is 20.8 Å². The quantitative estimate of drug-likeness (QED) is 0.399. The van der Waals surface area contributed by atoms with Gasteiger partial charge < -0.3 is 4.57 Å². The van der Waals surface area contributed by atoms with Gasteiger partial charge in [-0.15, -0.1) is 0 Å². The van der Waals surface area contributed by atoms with Gasteiger partial charge in [-0.25, -0.2) is 18.4 Å². The van der Waals surface area contributed by atoms with Crippen molar-refractivity contribution in [1.29, 1.82) is 0 Å². The molecular formula is C24H28FN3O2S. The van der Waals surface area contributed by atoms with E-state index in [0.29, 0.717) is 11.4 Å². The van der Waals surface area contributed by atoms with Crippen LogP contribution in [0.1, 0.15) is 52.3 Å². The topological polar surface area (TPSA) is 64.8 Å². The zero-order valence-electron chi connectivity index (χ0n) is 18.2. The van der Waals surface area contributed by atoms with E-state index in [9.17, 15) is 12.8 Å². The number of fused-ring (bicyclic) bond motifs is 1. The van der Waals surface area contributed by atoms with Crippen molar-refractivity contribution in [3.63, 3.8) is 0 Å². The average Bonchev–Trinajstić information content (AvgIpc) is 3.08. The summed E-state index contributed by atoms with van der Waals surface area (Å²) in [4.78, 5) is 8.28. The van der Waals surface area contributed by atoms with Crippen LogP contribution in [0.25, 0.3) is 11.0 Å². The molecule has 5 nitrogen and oxygen atoms in total. The fourth-order valence-electron chi connectivity index (χ4n) is 4.25. The Morgan fingerprint density at radius 3 is 2.45 bits per heavy atom. The van der Waals surface area contributed by atoms with E-state index in [1.54, 1.807) is 12.1 Å². The summed E-state index contributed by atoms with van der Waals surface area (Å²) in [5, 5.41) is 0. The van der Waals surface area contributed by atoms with Gasteiger partial charge in [0, 0.05) is 24.2 Å². The normalized spacial score (nSPS) is 16.2. The molecule has 0 atom stereocenters. The van der Waals surface area contributed by atoms with Gasteiger partial charge in [-0.05, 0) is 55.9 Å². The Morgan fingerprint density at radius 2 is 1.81 bits per heavy atom. The summed E-state index contributed by atoms with van der Waals surface area (Å²) in [5.41, 5.74) is 2.70. The third-order valence-electron chi connectivity index (χ3n) is 5.96. The van der Waals surface area contributed by atoms with Crippen molar-refractivity contribution < 1.29 is 12.8 Å². The van der Waals surface area contributed by atoms with Crippen LogP contribution in [0.4, 0.5) is 4.39 Å². The Morgan fingerprint density at radius 1 is 1.13 bits per heavy atom. The van der Waals surface area contributed by atoms with Crippen LogP contribution in [0.3, 0.4) is 0 Å². The van der Waals surface area contributed by atoms with E-state index >= 15 is 0 Å². The largest absolute Gasteiger partial charge is 0.327 e. The first kappa shape index (κ1) is 21.7. The zero-order valence-corrected chi connectivity index (χ0v) is 19.0. The van der Waals surface area contributed by atoms with Crippen LogP contribution in [0.5, 0.6) is 0 Å². The molecule has 2 aromatic heterocycles. The number of hydrogen-bond donors (Lipinski definition) is 0. The molecule has 0 unspecified atom stereocenters. The number of halogens is 1. The van der Waals surface area contributed by atoms with Crippen LogP contribution < -0.4 is 0 Å². The molecule has 31 heavy (non-hydrogen) atoms. The van der Waals surface area contributed by atoms with Gasteiger partial charge in [0.15, 0.2) is 0 Å². The first-order chi connectivity index (χ1) is 14.6. The summed E-state index contributed by atoms with van der Waals surface area (Å²) >= 11 is 0. The lowest BCUT2D eigenvalue weighted by atomic mass is 9.86. The Labute approximate surface area is 183 Å². The van der Waals surface area contributed by atoms with Gasteiger partial charge in [-0.1, -0.05) is 32.9 Å². The first-order valence-corrected chi connectivity index (χ1v) is 12.1.